The highest BCUT2D eigenvalue weighted by Crippen LogP contribution is 2.23. The number of rotatable bonds is 5. The maximum absolute atomic E-state index is 13.4. The van der Waals surface area contributed by atoms with Crippen molar-refractivity contribution in [2.45, 2.75) is 31.1 Å². The largest absolute Gasteiger partial charge is 0.342 e. The fourth-order valence-electron chi connectivity index (χ4n) is 3.53. The second-order valence-corrected chi connectivity index (χ2v) is 9.39. The summed E-state index contributed by atoms with van der Waals surface area (Å²) in [7, 11) is -3.23. The van der Waals surface area contributed by atoms with Gasteiger partial charge in [-0.25, -0.2) is 12.8 Å². The van der Waals surface area contributed by atoms with Crippen molar-refractivity contribution < 1.29 is 17.6 Å². The Morgan fingerprint density at radius 3 is 2.44 bits per heavy atom. The van der Waals surface area contributed by atoms with Gasteiger partial charge in [-0.15, -0.1) is 0 Å². The number of hydrogen-bond donors (Lipinski definition) is 0. The normalized spacial score (nSPS) is 17.3. The summed E-state index contributed by atoms with van der Waals surface area (Å²) < 4.78 is 36.4. The highest BCUT2D eigenvalue weighted by Gasteiger charge is 2.26. The molecule has 2 aromatic rings. The van der Waals surface area contributed by atoms with Crippen molar-refractivity contribution >= 4 is 15.7 Å². The monoisotopic (exact) mass is 389 g/mol. The minimum Gasteiger partial charge on any atom is -0.342 e. The van der Waals surface area contributed by atoms with Crippen LogP contribution in [0.2, 0.25) is 0 Å². The lowest BCUT2D eigenvalue weighted by atomic mass is 9.97. The van der Waals surface area contributed by atoms with Crippen LogP contribution in [0.1, 0.15) is 23.1 Å². The topological polar surface area (TPSA) is 54.5 Å². The summed E-state index contributed by atoms with van der Waals surface area (Å²) in [6.45, 7) is 3.19. The Morgan fingerprint density at radius 2 is 1.81 bits per heavy atom. The summed E-state index contributed by atoms with van der Waals surface area (Å²) >= 11 is 0. The molecule has 6 heteroatoms. The van der Waals surface area contributed by atoms with Crippen molar-refractivity contribution in [3.63, 3.8) is 0 Å². The molecule has 0 aliphatic carbocycles. The Kier molecular flexibility index (Phi) is 5.65. The van der Waals surface area contributed by atoms with Crippen LogP contribution in [0.15, 0.2) is 47.4 Å². The number of sulfone groups is 1. The van der Waals surface area contributed by atoms with E-state index in [0.29, 0.717) is 18.0 Å². The maximum atomic E-state index is 13.4. The molecule has 0 N–H and O–H groups in total. The van der Waals surface area contributed by atoms with Crippen LogP contribution < -0.4 is 0 Å². The number of likely N-dealkylation sites (tertiary alicyclic amines) is 1. The van der Waals surface area contributed by atoms with Gasteiger partial charge in [-0.1, -0.05) is 24.3 Å². The molecule has 1 unspecified atom stereocenters. The van der Waals surface area contributed by atoms with Crippen LogP contribution in [0, 0.1) is 18.7 Å². The van der Waals surface area contributed by atoms with E-state index in [-0.39, 0.29) is 23.0 Å². The molecule has 27 heavy (non-hydrogen) atoms. The summed E-state index contributed by atoms with van der Waals surface area (Å²) in [5.74, 6) is 0.246. The number of amides is 1. The second-order valence-electron chi connectivity index (χ2n) is 7.38. The number of hydrogen-bond acceptors (Lipinski definition) is 3. The molecule has 1 heterocycles. The molecule has 0 saturated carbocycles. The van der Waals surface area contributed by atoms with E-state index >= 15 is 0 Å². The van der Waals surface area contributed by atoms with E-state index in [1.807, 2.05) is 17.0 Å². The van der Waals surface area contributed by atoms with Crippen molar-refractivity contribution in [2.24, 2.45) is 5.92 Å². The number of carbonyl (C=O) groups is 1. The van der Waals surface area contributed by atoms with Crippen molar-refractivity contribution in [3.8, 4) is 0 Å². The van der Waals surface area contributed by atoms with Gasteiger partial charge >= 0.3 is 0 Å². The van der Waals surface area contributed by atoms with E-state index in [0.717, 1.165) is 30.5 Å². The van der Waals surface area contributed by atoms with Crippen LogP contribution >= 0.6 is 0 Å². The number of aryl methyl sites for hydroxylation is 1. The van der Waals surface area contributed by atoms with Crippen LogP contribution in [0.25, 0.3) is 0 Å². The maximum Gasteiger partial charge on any atom is 0.226 e. The standard InChI is InChI=1S/C21H24FNO3S/c1-15-11-17(5-8-20(15)22)12-18-9-10-23(14-18)21(24)13-16-3-6-19(7-4-16)27(2,25)26/h3-8,11,18H,9-10,12-14H2,1-2H3. The van der Waals surface area contributed by atoms with Crippen LogP contribution in [-0.4, -0.2) is 38.6 Å². The molecule has 3 rings (SSSR count). The van der Waals surface area contributed by atoms with Gasteiger partial charge in [0.1, 0.15) is 5.82 Å². The van der Waals surface area contributed by atoms with Crippen molar-refractivity contribution in [2.75, 3.05) is 19.3 Å². The fourth-order valence-corrected chi connectivity index (χ4v) is 4.16. The zero-order chi connectivity index (χ0) is 19.6. The third-order valence-electron chi connectivity index (χ3n) is 5.09. The lowest BCUT2D eigenvalue weighted by molar-refractivity contribution is -0.129. The fraction of sp³-hybridized carbons (Fsp3) is 0.381. The van der Waals surface area contributed by atoms with E-state index in [9.17, 15) is 17.6 Å². The molecule has 0 aromatic heterocycles. The molecule has 1 atom stereocenters. The quantitative estimate of drug-likeness (QED) is 0.789. The predicted octanol–water partition coefficient (Wildman–Crippen LogP) is 3.17. The molecule has 1 fully saturated rings. The van der Waals surface area contributed by atoms with Crippen LogP contribution in [0.3, 0.4) is 0 Å². The minimum absolute atomic E-state index is 0.0555. The molecule has 0 radical (unpaired) electrons. The summed E-state index contributed by atoms with van der Waals surface area (Å²) in [4.78, 5) is 14.7. The first-order chi connectivity index (χ1) is 12.7. The van der Waals surface area contributed by atoms with Gasteiger partial charge < -0.3 is 4.90 Å². The van der Waals surface area contributed by atoms with E-state index in [1.165, 1.54) is 12.3 Å². The molecule has 1 saturated heterocycles. The molecular formula is C21H24FNO3S. The Hall–Kier alpha value is -2.21. The molecule has 2 aromatic carbocycles. The van der Waals surface area contributed by atoms with Crippen molar-refractivity contribution in [1.29, 1.82) is 0 Å². The van der Waals surface area contributed by atoms with Crippen LogP contribution in [-0.2, 0) is 27.5 Å². The van der Waals surface area contributed by atoms with Gasteiger partial charge in [-0.05, 0) is 60.6 Å². The van der Waals surface area contributed by atoms with Crippen LogP contribution in [0.4, 0.5) is 4.39 Å². The lowest BCUT2D eigenvalue weighted by Crippen LogP contribution is -2.30. The van der Waals surface area contributed by atoms with Crippen LogP contribution in [0.5, 0.6) is 0 Å². The summed E-state index contributed by atoms with van der Waals surface area (Å²) in [5, 5.41) is 0. The summed E-state index contributed by atoms with van der Waals surface area (Å²) in [6, 6.07) is 11.7. The second kappa shape index (κ2) is 7.80. The Morgan fingerprint density at radius 1 is 1.15 bits per heavy atom. The molecule has 144 valence electrons. The smallest absolute Gasteiger partial charge is 0.226 e. The number of nitrogens with zero attached hydrogens (tertiary/aromatic N) is 1. The highest BCUT2D eigenvalue weighted by atomic mass is 32.2. The SMILES string of the molecule is Cc1cc(CC2CCN(C(=O)Cc3ccc(S(C)(=O)=O)cc3)C2)ccc1F. The third kappa shape index (κ3) is 4.95. The number of carbonyl (C=O) groups excluding carboxylic acids is 1. The Bertz CT molecular complexity index is 938. The first-order valence-corrected chi connectivity index (χ1v) is 10.9. The van der Waals surface area contributed by atoms with E-state index in [4.69, 9.17) is 0 Å². The van der Waals surface area contributed by atoms with Crippen molar-refractivity contribution in [1.82, 2.24) is 4.90 Å². The molecule has 0 bridgehead atoms. The predicted molar refractivity (Wildman–Crippen MR) is 103 cm³/mol. The Labute approximate surface area is 159 Å². The molecule has 1 aliphatic heterocycles. The van der Waals surface area contributed by atoms with Gasteiger partial charge in [0.2, 0.25) is 5.91 Å². The molecule has 1 amide bonds. The third-order valence-corrected chi connectivity index (χ3v) is 6.22. The van der Waals surface area contributed by atoms with Gasteiger partial charge in [0.05, 0.1) is 11.3 Å². The summed E-state index contributed by atoms with van der Waals surface area (Å²) in [5.41, 5.74) is 2.56. The van der Waals surface area contributed by atoms with Gasteiger partial charge in [-0.2, -0.15) is 0 Å². The molecular weight excluding hydrogens is 365 g/mol. The average molecular weight is 389 g/mol. The van der Waals surface area contributed by atoms with Gasteiger partial charge in [0.25, 0.3) is 0 Å². The van der Waals surface area contributed by atoms with Gasteiger partial charge in [-0.3, -0.25) is 4.79 Å². The van der Waals surface area contributed by atoms with E-state index < -0.39 is 9.84 Å². The zero-order valence-corrected chi connectivity index (χ0v) is 16.4. The molecule has 1 aliphatic rings. The summed E-state index contributed by atoms with van der Waals surface area (Å²) in [6.07, 6.45) is 3.22. The average Bonchev–Trinajstić information content (AvgIpc) is 3.06. The zero-order valence-electron chi connectivity index (χ0n) is 15.6. The lowest BCUT2D eigenvalue weighted by Gasteiger charge is -2.17. The van der Waals surface area contributed by atoms with Gasteiger partial charge in [0, 0.05) is 19.3 Å². The first kappa shape index (κ1) is 19.5. The Balaban J connectivity index is 1.56. The van der Waals surface area contributed by atoms with Crippen molar-refractivity contribution in [3.05, 3.63) is 65.0 Å². The number of benzene rings is 2. The highest BCUT2D eigenvalue weighted by molar-refractivity contribution is 7.90. The van der Waals surface area contributed by atoms with E-state index in [1.54, 1.807) is 31.2 Å². The van der Waals surface area contributed by atoms with Gasteiger partial charge in [0.15, 0.2) is 9.84 Å². The van der Waals surface area contributed by atoms with E-state index in [2.05, 4.69) is 0 Å². The molecule has 0 spiro atoms. The number of halogens is 1. The minimum atomic E-state index is -3.23. The first-order valence-electron chi connectivity index (χ1n) is 9.04. The molecule has 4 nitrogen and oxygen atoms in total.